The van der Waals surface area contributed by atoms with Crippen molar-refractivity contribution in [2.75, 3.05) is 24.6 Å². The van der Waals surface area contributed by atoms with Crippen molar-refractivity contribution < 1.29 is 14.7 Å². The average molecular weight is 232 g/mol. The summed E-state index contributed by atoms with van der Waals surface area (Å²) in [7, 11) is 0. The smallest absolute Gasteiger partial charge is 0.328 e. The highest BCUT2D eigenvalue weighted by atomic mass is 32.2. The Balaban J connectivity index is 2.50. The molecule has 1 aliphatic heterocycles. The van der Waals surface area contributed by atoms with Crippen molar-refractivity contribution >= 4 is 23.8 Å². The van der Waals surface area contributed by atoms with E-state index in [1.165, 1.54) is 13.8 Å². The molecule has 1 aliphatic rings. The Bertz CT molecular complexity index is 262. The number of carboxylic acids is 1. The lowest BCUT2D eigenvalue weighted by Crippen LogP contribution is -2.55. The molecular weight excluding hydrogens is 216 g/mol. The van der Waals surface area contributed by atoms with Crippen LogP contribution >= 0.6 is 11.8 Å². The van der Waals surface area contributed by atoms with Crippen LogP contribution in [0.3, 0.4) is 0 Å². The largest absolute Gasteiger partial charge is 0.480 e. The second-order valence-electron chi connectivity index (χ2n) is 3.96. The number of hydrogen-bond donors (Lipinski definition) is 2. The Hall–Kier alpha value is -0.910. The normalized spacial score (nSPS) is 17.3. The van der Waals surface area contributed by atoms with Gasteiger partial charge in [-0.3, -0.25) is 0 Å². The molecule has 6 heteroatoms. The van der Waals surface area contributed by atoms with E-state index in [0.29, 0.717) is 13.1 Å². The first-order valence-corrected chi connectivity index (χ1v) is 5.97. The summed E-state index contributed by atoms with van der Waals surface area (Å²) in [5.41, 5.74) is -1.21. The number of hydrogen-bond acceptors (Lipinski definition) is 3. The third kappa shape index (κ3) is 3.30. The average Bonchev–Trinajstić information content (AvgIpc) is 2.18. The summed E-state index contributed by atoms with van der Waals surface area (Å²) in [6.45, 7) is 4.33. The summed E-state index contributed by atoms with van der Waals surface area (Å²) in [6.07, 6.45) is 0. The van der Waals surface area contributed by atoms with E-state index in [1.807, 2.05) is 0 Å². The van der Waals surface area contributed by atoms with Crippen LogP contribution < -0.4 is 5.32 Å². The van der Waals surface area contributed by atoms with Gasteiger partial charge in [-0.2, -0.15) is 11.8 Å². The van der Waals surface area contributed by atoms with Gasteiger partial charge in [-0.15, -0.1) is 0 Å². The van der Waals surface area contributed by atoms with Gasteiger partial charge in [0.2, 0.25) is 0 Å². The zero-order chi connectivity index (χ0) is 11.5. The van der Waals surface area contributed by atoms with Gasteiger partial charge in [-0.1, -0.05) is 0 Å². The first-order valence-electron chi connectivity index (χ1n) is 4.82. The molecule has 0 aromatic rings. The van der Waals surface area contributed by atoms with Gasteiger partial charge in [-0.05, 0) is 13.8 Å². The molecule has 1 saturated heterocycles. The summed E-state index contributed by atoms with van der Waals surface area (Å²) in [5.74, 6) is 0.809. The van der Waals surface area contributed by atoms with Gasteiger partial charge >= 0.3 is 12.0 Å². The van der Waals surface area contributed by atoms with Gasteiger partial charge in [0.05, 0.1) is 0 Å². The summed E-state index contributed by atoms with van der Waals surface area (Å²) in [5, 5.41) is 11.4. The summed E-state index contributed by atoms with van der Waals surface area (Å²) in [6, 6.07) is -0.289. The first kappa shape index (κ1) is 12.2. The molecular formula is C9H16N2O3S. The highest BCUT2D eigenvalue weighted by molar-refractivity contribution is 7.99. The van der Waals surface area contributed by atoms with Crippen LogP contribution in [0.1, 0.15) is 13.8 Å². The molecule has 5 nitrogen and oxygen atoms in total. The molecule has 0 atom stereocenters. The number of nitrogens with zero attached hydrogens (tertiary/aromatic N) is 1. The lowest BCUT2D eigenvalue weighted by molar-refractivity contribution is -0.143. The van der Waals surface area contributed by atoms with Gasteiger partial charge in [0.1, 0.15) is 5.54 Å². The predicted octanol–water partition coefficient (Wildman–Crippen LogP) is 0.608. The van der Waals surface area contributed by atoms with Crippen LogP contribution in [0.2, 0.25) is 0 Å². The number of carbonyl (C=O) groups excluding carboxylic acids is 1. The molecule has 0 aromatic carbocycles. The third-order valence-corrected chi connectivity index (χ3v) is 3.19. The molecule has 0 aromatic heterocycles. The molecule has 0 aliphatic carbocycles. The van der Waals surface area contributed by atoms with Crippen molar-refractivity contribution in [3.8, 4) is 0 Å². The van der Waals surface area contributed by atoms with Crippen LogP contribution in [-0.2, 0) is 4.79 Å². The fourth-order valence-electron chi connectivity index (χ4n) is 1.17. The monoisotopic (exact) mass is 232 g/mol. The zero-order valence-corrected chi connectivity index (χ0v) is 9.76. The molecule has 2 amide bonds. The highest BCUT2D eigenvalue weighted by Crippen LogP contribution is 2.10. The molecule has 1 fully saturated rings. The maximum Gasteiger partial charge on any atom is 0.328 e. The molecule has 1 heterocycles. The SMILES string of the molecule is CC(C)(NC(=O)N1CCSCC1)C(=O)O. The van der Waals surface area contributed by atoms with Crippen LogP contribution in [0.15, 0.2) is 0 Å². The van der Waals surface area contributed by atoms with E-state index in [1.54, 1.807) is 16.7 Å². The summed E-state index contributed by atoms with van der Waals surface area (Å²) < 4.78 is 0. The quantitative estimate of drug-likeness (QED) is 0.732. The highest BCUT2D eigenvalue weighted by Gasteiger charge is 2.31. The lowest BCUT2D eigenvalue weighted by atomic mass is 10.1. The number of carboxylic acid groups (broad SMARTS) is 1. The van der Waals surface area contributed by atoms with E-state index >= 15 is 0 Å². The van der Waals surface area contributed by atoms with E-state index in [-0.39, 0.29) is 6.03 Å². The molecule has 0 bridgehead atoms. The van der Waals surface area contributed by atoms with Gasteiger partial charge < -0.3 is 15.3 Å². The maximum absolute atomic E-state index is 11.7. The van der Waals surface area contributed by atoms with Gasteiger partial charge in [0, 0.05) is 24.6 Å². The van der Waals surface area contributed by atoms with Crippen molar-refractivity contribution in [2.45, 2.75) is 19.4 Å². The van der Waals surface area contributed by atoms with E-state index in [2.05, 4.69) is 5.32 Å². The second kappa shape index (κ2) is 4.74. The van der Waals surface area contributed by atoms with E-state index in [4.69, 9.17) is 5.11 Å². The lowest BCUT2D eigenvalue weighted by Gasteiger charge is -2.30. The zero-order valence-electron chi connectivity index (χ0n) is 8.95. The van der Waals surface area contributed by atoms with E-state index < -0.39 is 11.5 Å². The minimum absolute atomic E-state index is 0.289. The number of urea groups is 1. The standard InChI is InChI=1S/C9H16N2O3S/c1-9(2,7(12)13)10-8(14)11-3-5-15-6-4-11/h3-6H2,1-2H3,(H,10,14)(H,12,13). The second-order valence-corrected chi connectivity index (χ2v) is 5.18. The number of thioether (sulfide) groups is 1. The van der Waals surface area contributed by atoms with E-state index in [0.717, 1.165) is 11.5 Å². The number of rotatable bonds is 2. The minimum Gasteiger partial charge on any atom is -0.480 e. The van der Waals surface area contributed by atoms with Crippen LogP contribution in [0.4, 0.5) is 4.79 Å². The minimum atomic E-state index is -1.21. The Kier molecular flexibility index (Phi) is 3.84. The fourth-order valence-corrected chi connectivity index (χ4v) is 2.07. The van der Waals surface area contributed by atoms with Gasteiger partial charge in [0.25, 0.3) is 0 Å². The van der Waals surface area contributed by atoms with Crippen LogP contribution in [0.25, 0.3) is 0 Å². The van der Waals surface area contributed by atoms with Crippen LogP contribution in [0.5, 0.6) is 0 Å². The molecule has 15 heavy (non-hydrogen) atoms. The van der Waals surface area contributed by atoms with Crippen molar-refractivity contribution in [3.05, 3.63) is 0 Å². The molecule has 0 unspecified atom stereocenters. The summed E-state index contributed by atoms with van der Waals surface area (Å²) >= 11 is 1.80. The maximum atomic E-state index is 11.7. The van der Waals surface area contributed by atoms with E-state index in [9.17, 15) is 9.59 Å². The molecule has 0 saturated carbocycles. The van der Waals surface area contributed by atoms with Crippen LogP contribution in [0, 0.1) is 0 Å². The predicted molar refractivity (Wildman–Crippen MR) is 59.1 cm³/mol. The first-order chi connectivity index (χ1) is 6.93. The van der Waals surface area contributed by atoms with Crippen molar-refractivity contribution in [3.63, 3.8) is 0 Å². The molecule has 0 spiro atoms. The Morgan fingerprint density at radius 1 is 1.33 bits per heavy atom. The third-order valence-electron chi connectivity index (χ3n) is 2.25. The van der Waals surface area contributed by atoms with Gasteiger partial charge in [-0.25, -0.2) is 9.59 Å². The van der Waals surface area contributed by atoms with Crippen molar-refractivity contribution in [1.82, 2.24) is 10.2 Å². The number of carbonyl (C=O) groups is 2. The molecule has 1 rings (SSSR count). The molecule has 0 radical (unpaired) electrons. The van der Waals surface area contributed by atoms with Crippen molar-refractivity contribution in [2.24, 2.45) is 0 Å². The van der Waals surface area contributed by atoms with Crippen LogP contribution in [-0.4, -0.2) is 52.1 Å². The number of aliphatic carboxylic acids is 1. The molecule has 2 N–H and O–H groups in total. The Morgan fingerprint density at radius 3 is 2.33 bits per heavy atom. The number of amides is 2. The summed E-state index contributed by atoms with van der Waals surface area (Å²) in [4.78, 5) is 24.1. The van der Waals surface area contributed by atoms with Gasteiger partial charge in [0.15, 0.2) is 0 Å². The van der Waals surface area contributed by atoms with Crippen molar-refractivity contribution in [1.29, 1.82) is 0 Å². The molecule has 86 valence electrons. The Morgan fingerprint density at radius 2 is 1.87 bits per heavy atom. The topological polar surface area (TPSA) is 69.6 Å². The number of nitrogens with one attached hydrogen (secondary N) is 1. The fraction of sp³-hybridized carbons (Fsp3) is 0.778. The Labute approximate surface area is 93.2 Å².